The van der Waals surface area contributed by atoms with Crippen LogP contribution < -0.4 is 15.9 Å². The second-order valence-corrected chi connectivity index (χ2v) is 10.8. The first-order valence-electron chi connectivity index (χ1n) is 12.3. The molecule has 0 bridgehead atoms. The topological polar surface area (TPSA) is 59.4 Å². The van der Waals surface area contributed by atoms with E-state index in [-0.39, 0.29) is 20.4 Å². The molecule has 0 unspecified atom stereocenters. The molecule has 0 aliphatic heterocycles. The SMILES string of the molecule is CC[CH-]C#N.Cn1ccnc1Cc1nccn1C.[Pd].c1ccc([PH+](c2ccccc2)c2ccccc2)cc1. The zero-order valence-electron chi connectivity index (χ0n) is 22.0. The first kappa shape index (κ1) is 30.8. The van der Waals surface area contributed by atoms with Crippen molar-refractivity contribution in [2.45, 2.75) is 19.8 Å². The molecule has 5 nitrogen and oxygen atoms in total. The Labute approximate surface area is 241 Å². The fourth-order valence-corrected chi connectivity index (χ4v) is 6.26. The number of benzene rings is 3. The summed E-state index contributed by atoms with van der Waals surface area (Å²) in [4.78, 5) is 8.48. The average Bonchev–Trinajstić information content (AvgIpc) is 3.55. The van der Waals surface area contributed by atoms with Crippen LogP contribution in [0.1, 0.15) is 25.0 Å². The van der Waals surface area contributed by atoms with E-state index in [4.69, 9.17) is 5.26 Å². The Bertz CT molecular complexity index is 1210. The Balaban J connectivity index is 0.000000232. The number of aromatic nitrogens is 4. The van der Waals surface area contributed by atoms with Crippen molar-refractivity contribution in [1.29, 1.82) is 5.26 Å². The number of nitriles is 1. The summed E-state index contributed by atoms with van der Waals surface area (Å²) in [6.45, 7) is 1.93. The first-order valence-corrected chi connectivity index (χ1v) is 13.8. The molecule has 0 radical (unpaired) electrons. The third kappa shape index (κ3) is 9.44. The average molecular weight is 614 g/mol. The van der Waals surface area contributed by atoms with Gasteiger partial charge >= 0.3 is 0 Å². The van der Waals surface area contributed by atoms with Crippen molar-refractivity contribution in [3.63, 3.8) is 0 Å². The van der Waals surface area contributed by atoms with Gasteiger partial charge in [-0.25, -0.2) is 15.2 Å². The zero-order valence-corrected chi connectivity index (χ0v) is 24.6. The van der Waals surface area contributed by atoms with Crippen LogP contribution in [-0.2, 0) is 40.9 Å². The first-order chi connectivity index (χ1) is 18.1. The molecule has 3 aromatic carbocycles. The van der Waals surface area contributed by atoms with Gasteiger partial charge in [0.2, 0.25) is 0 Å². The Kier molecular flexibility index (Phi) is 13.9. The van der Waals surface area contributed by atoms with Crippen molar-refractivity contribution in [1.82, 2.24) is 19.1 Å². The molecule has 5 rings (SSSR count). The van der Waals surface area contributed by atoms with Gasteiger partial charge in [-0.1, -0.05) is 61.5 Å². The number of imidazole rings is 2. The van der Waals surface area contributed by atoms with Crippen LogP contribution in [0.25, 0.3) is 0 Å². The third-order valence-electron chi connectivity index (χ3n) is 5.64. The molecule has 5 aromatic rings. The van der Waals surface area contributed by atoms with Gasteiger partial charge in [-0.05, 0) is 36.4 Å². The number of aryl methyl sites for hydroxylation is 2. The number of unbranched alkanes of at least 4 members (excludes halogenated alkanes) is 1. The van der Waals surface area contributed by atoms with E-state index in [1.54, 1.807) is 18.8 Å². The number of hydrogen-bond donors (Lipinski definition) is 0. The quantitative estimate of drug-likeness (QED) is 0.153. The van der Waals surface area contributed by atoms with Gasteiger partial charge in [0.25, 0.3) is 0 Å². The van der Waals surface area contributed by atoms with Crippen molar-refractivity contribution < 1.29 is 20.4 Å². The van der Waals surface area contributed by atoms with Crippen molar-refractivity contribution in [3.8, 4) is 6.07 Å². The van der Waals surface area contributed by atoms with E-state index in [1.165, 1.54) is 15.9 Å². The molecule has 0 saturated carbocycles. The molecule has 0 amide bonds. The molecule has 0 fully saturated rings. The molecular formula is C31H34N5PPd. The number of hydrogen-bond acceptors (Lipinski definition) is 3. The van der Waals surface area contributed by atoms with Crippen molar-refractivity contribution >= 4 is 23.8 Å². The molecule has 2 heterocycles. The maximum absolute atomic E-state index is 7.76. The van der Waals surface area contributed by atoms with Crippen LogP contribution in [0.3, 0.4) is 0 Å². The van der Waals surface area contributed by atoms with Crippen molar-refractivity contribution in [2.75, 3.05) is 0 Å². The smallest absolute Gasteiger partial charge is 0.115 e. The van der Waals surface area contributed by atoms with Crippen LogP contribution in [-0.4, -0.2) is 19.1 Å². The van der Waals surface area contributed by atoms with Gasteiger partial charge in [-0.15, -0.1) is 6.07 Å². The summed E-state index contributed by atoms with van der Waals surface area (Å²) < 4.78 is 4.02. The molecule has 0 aliphatic carbocycles. The second-order valence-electron chi connectivity index (χ2n) is 8.30. The molecule has 198 valence electrons. The van der Waals surface area contributed by atoms with Crippen LogP contribution in [0.2, 0.25) is 0 Å². The summed E-state index contributed by atoms with van der Waals surface area (Å²) in [6, 6.07) is 34.4. The number of nitrogens with zero attached hydrogens (tertiary/aromatic N) is 5. The second kappa shape index (κ2) is 17.1. The maximum Gasteiger partial charge on any atom is 0.115 e. The zero-order chi connectivity index (χ0) is 26.3. The summed E-state index contributed by atoms with van der Waals surface area (Å²) in [5.41, 5.74) is 0. The van der Waals surface area contributed by atoms with Crippen LogP contribution >= 0.6 is 7.92 Å². The molecule has 7 heteroatoms. The van der Waals surface area contributed by atoms with Crippen LogP contribution in [0.15, 0.2) is 116 Å². The van der Waals surface area contributed by atoms with Gasteiger partial charge < -0.3 is 9.13 Å². The Morgan fingerprint density at radius 1 is 0.711 bits per heavy atom. The molecule has 2 aromatic heterocycles. The van der Waals surface area contributed by atoms with Crippen LogP contribution in [0.5, 0.6) is 0 Å². The summed E-state index contributed by atoms with van der Waals surface area (Å²) in [7, 11) is 3.11. The summed E-state index contributed by atoms with van der Waals surface area (Å²) >= 11 is 0. The van der Waals surface area contributed by atoms with E-state index in [2.05, 4.69) is 101 Å². The minimum Gasteiger partial charge on any atom is -0.338 e. The fourth-order valence-electron chi connectivity index (χ4n) is 3.68. The van der Waals surface area contributed by atoms with E-state index in [0.29, 0.717) is 0 Å². The monoisotopic (exact) mass is 613 g/mol. The van der Waals surface area contributed by atoms with E-state index in [1.807, 2.05) is 48.6 Å². The molecule has 0 atom stereocenters. The summed E-state index contributed by atoms with van der Waals surface area (Å²) in [6.07, 6.45) is 10.7. The molecule has 0 N–H and O–H groups in total. The van der Waals surface area contributed by atoms with E-state index >= 15 is 0 Å². The fraction of sp³-hybridized carbons (Fsp3) is 0.161. The standard InChI is InChI=1S/C18H15P.C9H12N4.C4H6N.Pd/c1-4-10-16(11-5-1)19(17-12-6-2-7-13-17)18-14-8-3-9-15-18;1-12-5-3-10-8(12)7-9-11-4-6-13(9)2;1-2-3-4-5;/h1-15H;3-6H,7H2,1-2H3;3H,2H2,1H3;/q;;-1;/p+1. The number of rotatable bonds is 6. The van der Waals surface area contributed by atoms with Crippen molar-refractivity contribution in [3.05, 3.63) is 134 Å². The Morgan fingerprint density at radius 2 is 1.08 bits per heavy atom. The van der Waals surface area contributed by atoms with Gasteiger partial charge in [0.15, 0.2) is 0 Å². The van der Waals surface area contributed by atoms with Crippen LogP contribution in [0.4, 0.5) is 0 Å². The maximum atomic E-state index is 7.76. The molecule has 0 saturated heterocycles. The van der Waals surface area contributed by atoms with E-state index < -0.39 is 7.92 Å². The summed E-state index contributed by atoms with van der Waals surface area (Å²) in [5.74, 6) is 2.07. The van der Waals surface area contributed by atoms with Gasteiger partial charge in [0.1, 0.15) is 27.6 Å². The summed E-state index contributed by atoms with van der Waals surface area (Å²) in [5, 5.41) is 12.1. The van der Waals surface area contributed by atoms with E-state index in [0.717, 1.165) is 24.5 Å². The molecule has 38 heavy (non-hydrogen) atoms. The minimum absolute atomic E-state index is 0. The Morgan fingerprint density at radius 3 is 1.32 bits per heavy atom. The molecular weight excluding hydrogens is 580 g/mol. The van der Waals surface area contributed by atoms with Gasteiger partial charge in [-0.2, -0.15) is 6.42 Å². The predicted octanol–water partition coefficient (Wildman–Crippen LogP) is 5.04. The Hall–Kier alpha value is -3.47. The normalized spacial score (nSPS) is 9.66. The van der Waals surface area contributed by atoms with Crippen molar-refractivity contribution in [2.24, 2.45) is 14.1 Å². The largest absolute Gasteiger partial charge is 0.338 e. The molecule has 0 spiro atoms. The predicted molar refractivity (Wildman–Crippen MR) is 156 cm³/mol. The van der Waals surface area contributed by atoms with Gasteiger partial charge in [0, 0.05) is 59.3 Å². The minimum atomic E-state index is -0.877. The molecule has 0 aliphatic rings. The van der Waals surface area contributed by atoms with Crippen LogP contribution in [0, 0.1) is 17.8 Å². The van der Waals surface area contributed by atoms with Gasteiger partial charge in [0.05, 0.1) is 14.3 Å². The van der Waals surface area contributed by atoms with E-state index in [9.17, 15) is 0 Å². The third-order valence-corrected chi connectivity index (χ3v) is 8.37. The van der Waals surface area contributed by atoms with Gasteiger partial charge in [-0.3, -0.25) is 6.42 Å².